The van der Waals surface area contributed by atoms with Crippen LogP contribution in [0.25, 0.3) is 17.1 Å². The maximum Gasteiger partial charge on any atom is 0.236 e. The van der Waals surface area contributed by atoms with Crippen LogP contribution in [0.1, 0.15) is 36.8 Å². The standard InChI is InChI=1S/C30H27Cl2N5OS2/c1-30(2,3)20-14-12-19(13-15-20)27-35-36-29(37(27)21-8-5-4-6-9-21)39-18-26(38)34-28-33-17-22(40-28)16-23-24(31)10-7-11-25(23)32/h4-15,17H,16,18H2,1-3H3,(H,33,34,38). The molecule has 0 saturated carbocycles. The Bertz CT molecular complexity index is 1610. The highest BCUT2D eigenvalue weighted by Gasteiger charge is 2.19. The average Bonchev–Trinajstić information content (AvgIpc) is 3.56. The Balaban J connectivity index is 1.30. The summed E-state index contributed by atoms with van der Waals surface area (Å²) in [4.78, 5) is 18.2. The molecule has 10 heteroatoms. The van der Waals surface area contributed by atoms with Crippen LogP contribution < -0.4 is 5.32 Å². The summed E-state index contributed by atoms with van der Waals surface area (Å²) < 4.78 is 1.99. The second-order valence-corrected chi connectivity index (χ2v) is 13.0. The van der Waals surface area contributed by atoms with Gasteiger partial charge in [0, 0.05) is 38.8 Å². The normalized spacial score (nSPS) is 11.5. The molecule has 0 saturated heterocycles. The molecule has 0 spiro atoms. The van der Waals surface area contributed by atoms with E-state index < -0.39 is 0 Å². The molecule has 0 fully saturated rings. The molecule has 0 radical (unpaired) electrons. The van der Waals surface area contributed by atoms with E-state index in [9.17, 15) is 4.79 Å². The third-order valence-corrected chi connectivity index (χ3v) is 8.75. The van der Waals surface area contributed by atoms with Crippen LogP contribution in [0.3, 0.4) is 0 Å². The fourth-order valence-electron chi connectivity index (χ4n) is 4.09. The molecule has 2 heterocycles. The van der Waals surface area contributed by atoms with Gasteiger partial charge >= 0.3 is 0 Å². The second-order valence-electron chi connectivity index (χ2n) is 10.2. The third kappa shape index (κ3) is 6.58. The molecule has 0 atom stereocenters. The predicted octanol–water partition coefficient (Wildman–Crippen LogP) is 8.32. The van der Waals surface area contributed by atoms with Crippen molar-refractivity contribution in [2.45, 2.75) is 37.8 Å². The lowest BCUT2D eigenvalue weighted by Crippen LogP contribution is -2.14. The molecule has 2 aromatic heterocycles. The molecule has 0 aliphatic carbocycles. The van der Waals surface area contributed by atoms with Gasteiger partial charge in [0.25, 0.3) is 0 Å². The summed E-state index contributed by atoms with van der Waals surface area (Å²) in [6.45, 7) is 6.57. The quantitative estimate of drug-likeness (QED) is 0.179. The number of benzene rings is 3. The van der Waals surface area contributed by atoms with E-state index in [4.69, 9.17) is 23.2 Å². The van der Waals surface area contributed by atoms with Gasteiger partial charge in [-0.25, -0.2) is 4.98 Å². The number of nitrogens with one attached hydrogen (secondary N) is 1. The maximum absolute atomic E-state index is 12.9. The minimum atomic E-state index is -0.180. The topological polar surface area (TPSA) is 72.7 Å². The van der Waals surface area contributed by atoms with Crippen molar-refractivity contribution in [3.63, 3.8) is 0 Å². The van der Waals surface area contributed by atoms with E-state index in [0.717, 1.165) is 27.5 Å². The minimum Gasteiger partial charge on any atom is -0.301 e. The van der Waals surface area contributed by atoms with Crippen molar-refractivity contribution in [1.82, 2.24) is 19.7 Å². The second kappa shape index (κ2) is 12.1. The van der Waals surface area contributed by atoms with Gasteiger partial charge < -0.3 is 5.32 Å². The first-order chi connectivity index (χ1) is 19.2. The van der Waals surface area contributed by atoms with Gasteiger partial charge in [-0.15, -0.1) is 21.5 Å². The molecule has 0 unspecified atom stereocenters. The van der Waals surface area contributed by atoms with Crippen LogP contribution in [0.5, 0.6) is 0 Å². The van der Waals surface area contributed by atoms with E-state index in [1.54, 1.807) is 6.20 Å². The van der Waals surface area contributed by atoms with Crippen LogP contribution in [0, 0.1) is 0 Å². The van der Waals surface area contributed by atoms with E-state index in [0.29, 0.717) is 26.8 Å². The molecule has 0 aliphatic heterocycles. The molecular formula is C30H27Cl2N5OS2. The van der Waals surface area contributed by atoms with Crippen molar-refractivity contribution in [3.05, 3.63) is 105 Å². The molecule has 40 heavy (non-hydrogen) atoms. The minimum absolute atomic E-state index is 0.0554. The summed E-state index contributed by atoms with van der Waals surface area (Å²) >= 11 is 15.3. The Morgan fingerprint density at radius 3 is 2.33 bits per heavy atom. The Labute approximate surface area is 251 Å². The number of rotatable bonds is 8. The molecule has 204 valence electrons. The lowest BCUT2D eigenvalue weighted by Gasteiger charge is -2.19. The van der Waals surface area contributed by atoms with E-state index in [1.165, 1.54) is 28.7 Å². The van der Waals surface area contributed by atoms with Gasteiger partial charge in [-0.1, -0.05) is 104 Å². The van der Waals surface area contributed by atoms with Crippen molar-refractivity contribution >= 4 is 57.3 Å². The Morgan fingerprint density at radius 1 is 0.950 bits per heavy atom. The predicted molar refractivity (Wildman–Crippen MR) is 166 cm³/mol. The van der Waals surface area contributed by atoms with Crippen molar-refractivity contribution in [1.29, 1.82) is 0 Å². The summed E-state index contributed by atoms with van der Waals surface area (Å²) in [5, 5.41) is 14.2. The highest BCUT2D eigenvalue weighted by atomic mass is 35.5. The maximum atomic E-state index is 12.9. The fourth-order valence-corrected chi connectivity index (χ4v) is 6.21. The number of para-hydroxylation sites is 1. The summed E-state index contributed by atoms with van der Waals surface area (Å²) in [6.07, 6.45) is 2.27. The van der Waals surface area contributed by atoms with Crippen LogP contribution in [0.15, 0.2) is 84.1 Å². The summed E-state index contributed by atoms with van der Waals surface area (Å²) in [5.74, 6) is 0.692. The van der Waals surface area contributed by atoms with Crippen LogP contribution >= 0.6 is 46.3 Å². The van der Waals surface area contributed by atoms with Crippen molar-refractivity contribution in [2.75, 3.05) is 11.1 Å². The number of nitrogens with zero attached hydrogens (tertiary/aromatic N) is 4. The first-order valence-corrected chi connectivity index (χ1v) is 15.2. The van der Waals surface area contributed by atoms with Gasteiger partial charge in [0.05, 0.1) is 5.75 Å². The fraction of sp³-hybridized carbons (Fsp3) is 0.200. The summed E-state index contributed by atoms with van der Waals surface area (Å²) in [5.41, 5.74) is 4.02. The number of hydrogen-bond acceptors (Lipinski definition) is 6. The number of carbonyl (C=O) groups is 1. The van der Waals surface area contributed by atoms with Gasteiger partial charge in [-0.05, 0) is 40.8 Å². The highest BCUT2D eigenvalue weighted by Crippen LogP contribution is 2.32. The van der Waals surface area contributed by atoms with Crippen LogP contribution in [-0.2, 0) is 16.6 Å². The molecule has 0 bridgehead atoms. The third-order valence-electron chi connectivity index (χ3n) is 6.20. The SMILES string of the molecule is CC(C)(C)c1ccc(-c2nnc(SCC(=O)Nc3ncc(Cc4c(Cl)cccc4Cl)s3)n2-c2ccccc2)cc1. The van der Waals surface area contributed by atoms with Gasteiger partial charge in [0.2, 0.25) is 5.91 Å². The number of thioether (sulfide) groups is 1. The van der Waals surface area contributed by atoms with E-state index in [-0.39, 0.29) is 17.1 Å². The molecule has 1 N–H and O–H groups in total. The van der Waals surface area contributed by atoms with Crippen molar-refractivity contribution < 1.29 is 4.79 Å². The van der Waals surface area contributed by atoms with Crippen LogP contribution in [0.4, 0.5) is 5.13 Å². The molecular weight excluding hydrogens is 581 g/mol. The molecule has 1 amide bonds. The van der Waals surface area contributed by atoms with E-state index in [2.05, 4.69) is 65.5 Å². The highest BCUT2D eigenvalue weighted by molar-refractivity contribution is 7.99. The lowest BCUT2D eigenvalue weighted by molar-refractivity contribution is -0.113. The first kappa shape index (κ1) is 28.4. The molecule has 3 aromatic carbocycles. The zero-order chi connectivity index (χ0) is 28.3. The average molecular weight is 609 g/mol. The largest absolute Gasteiger partial charge is 0.301 e. The van der Waals surface area contributed by atoms with E-state index >= 15 is 0 Å². The number of carbonyl (C=O) groups excluding carboxylic acids is 1. The zero-order valence-corrected chi connectivity index (χ0v) is 25.3. The van der Waals surface area contributed by atoms with Crippen molar-refractivity contribution in [2.24, 2.45) is 0 Å². The monoisotopic (exact) mass is 607 g/mol. The van der Waals surface area contributed by atoms with Crippen LogP contribution in [-0.4, -0.2) is 31.4 Å². The smallest absolute Gasteiger partial charge is 0.236 e. The molecule has 5 rings (SSSR count). The molecule has 0 aliphatic rings. The number of hydrogen-bond donors (Lipinski definition) is 1. The van der Waals surface area contributed by atoms with Gasteiger partial charge in [0.15, 0.2) is 16.1 Å². The lowest BCUT2D eigenvalue weighted by atomic mass is 9.87. The van der Waals surface area contributed by atoms with Crippen molar-refractivity contribution in [3.8, 4) is 17.1 Å². The van der Waals surface area contributed by atoms with Gasteiger partial charge in [0.1, 0.15) is 0 Å². The summed E-state index contributed by atoms with van der Waals surface area (Å²) in [7, 11) is 0. The van der Waals surface area contributed by atoms with E-state index in [1.807, 2.05) is 53.1 Å². The number of halogens is 2. The van der Waals surface area contributed by atoms with Crippen LogP contribution in [0.2, 0.25) is 10.0 Å². The number of anilines is 1. The number of thiazole rings is 1. The number of amides is 1. The Hall–Kier alpha value is -3.17. The zero-order valence-electron chi connectivity index (χ0n) is 22.2. The Kier molecular flexibility index (Phi) is 8.61. The first-order valence-electron chi connectivity index (χ1n) is 12.6. The summed E-state index contributed by atoms with van der Waals surface area (Å²) in [6, 6.07) is 23.7. The molecule has 5 aromatic rings. The Morgan fingerprint density at radius 2 is 1.65 bits per heavy atom. The van der Waals surface area contributed by atoms with Gasteiger partial charge in [-0.2, -0.15) is 0 Å². The molecule has 6 nitrogen and oxygen atoms in total. The number of aromatic nitrogens is 4. The van der Waals surface area contributed by atoms with Gasteiger partial charge in [-0.3, -0.25) is 9.36 Å².